The number of aromatic hydroxyl groups is 1. The molecule has 1 heterocycles. The Balaban J connectivity index is 0.00000341. The number of aliphatic imine (C=N–C) groups is 1. The van der Waals surface area contributed by atoms with Gasteiger partial charge in [-0.25, -0.2) is 4.99 Å². The number of ether oxygens (including phenoxy) is 2. The van der Waals surface area contributed by atoms with Gasteiger partial charge >= 0.3 is 0 Å². The van der Waals surface area contributed by atoms with Crippen LogP contribution in [0.2, 0.25) is 0 Å². The number of hydrogen-bond donors (Lipinski definition) is 2. The van der Waals surface area contributed by atoms with Crippen LogP contribution >= 0.6 is 24.0 Å². The van der Waals surface area contributed by atoms with E-state index in [1.165, 1.54) is 25.4 Å². The third-order valence-electron chi connectivity index (χ3n) is 5.16. The molecule has 2 aromatic rings. The number of phenols is 1. The third kappa shape index (κ3) is 6.78. The molecule has 2 N–H and O–H groups in total. The predicted molar refractivity (Wildman–Crippen MR) is 137 cm³/mol. The van der Waals surface area contributed by atoms with E-state index in [2.05, 4.69) is 47.5 Å². The van der Waals surface area contributed by atoms with E-state index in [-0.39, 0.29) is 29.7 Å². The van der Waals surface area contributed by atoms with Crippen molar-refractivity contribution in [1.82, 2.24) is 10.2 Å². The minimum Gasteiger partial charge on any atom is -0.502 e. The van der Waals surface area contributed by atoms with E-state index >= 15 is 0 Å². The van der Waals surface area contributed by atoms with Crippen LogP contribution in [0.15, 0.2) is 53.0 Å². The first-order valence-corrected chi connectivity index (χ1v) is 10.4. The van der Waals surface area contributed by atoms with Crippen LogP contribution in [0.3, 0.4) is 0 Å². The summed E-state index contributed by atoms with van der Waals surface area (Å²) in [6.07, 6.45) is 4.36. The summed E-state index contributed by atoms with van der Waals surface area (Å²) < 4.78 is 10.5. The summed E-state index contributed by atoms with van der Waals surface area (Å²) in [5.74, 6) is 1.69. The van der Waals surface area contributed by atoms with Crippen LogP contribution in [0.1, 0.15) is 30.9 Å². The Morgan fingerprint density at radius 3 is 2.26 bits per heavy atom. The number of benzene rings is 2. The molecule has 0 aromatic heterocycles. The molecule has 0 aliphatic carbocycles. The van der Waals surface area contributed by atoms with Crippen molar-refractivity contribution in [2.24, 2.45) is 4.99 Å². The van der Waals surface area contributed by atoms with Crippen molar-refractivity contribution in [2.75, 3.05) is 33.9 Å². The first-order chi connectivity index (χ1) is 14.6. The minimum atomic E-state index is 0. The lowest BCUT2D eigenvalue weighted by Crippen LogP contribution is -2.44. The molecule has 1 fully saturated rings. The summed E-state index contributed by atoms with van der Waals surface area (Å²) in [4.78, 5) is 7.12. The number of nitrogens with one attached hydrogen (secondary N) is 1. The standard InChI is InChI=1S/C24H31N3O3.HI/c1-4-25-24(26-17-20-15-21(29-2)23(28)22(16-20)30-3)27-12-10-19(11-13-27)14-18-8-6-5-7-9-18;/h5-9,14-16,28H,4,10-13,17H2,1-3H3,(H,25,26);1H. The molecule has 3 rings (SSSR count). The summed E-state index contributed by atoms with van der Waals surface area (Å²) in [7, 11) is 3.06. The minimum absolute atomic E-state index is 0. The molecular formula is C24H32IN3O3. The van der Waals surface area contributed by atoms with Crippen LogP contribution in [-0.4, -0.2) is 49.8 Å². The van der Waals surface area contributed by atoms with Crippen molar-refractivity contribution < 1.29 is 14.6 Å². The van der Waals surface area contributed by atoms with Gasteiger partial charge in [0.15, 0.2) is 17.5 Å². The number of methoxy groups -OCH3 is 2. The van der Waals surface area contributed by atoms with E-state index < -0.39 is 0 Å². The van der Waals surface area contributed by atoms with E-state index in [9.17, 15) is 5.11 Å². The highest BCUT2D eigenvalue weighted by Gasteiger charge is 2.17. The number of halogens is 1. The van der Waals surface area contributed by atoms with E-state index in [1.54, 1.807) is 12.1 Å². The van der Waals surface area contributed by atoms with Crippen molar-refractivity contribution in [3.05, 3.63) is 59.2 Å². The molecule has 1 aliphatic rings. The molecule has 0 saturated carbocycles. The van der Waals surface area contributed by atoms with Crippen LogP contribution in [0, 0.1) is 0 Å². The SMILES string of the molecule is CCNC(=NCc1cc(OC)c(O)c(OC)c1)N1CCC(=Cc2ccccc2)CC1.I. The fourth-order valence-electron chi connectivity index (χ4n) is 3.57. The van der Waals surface area contributed by atoms with Crippen LogP contribution in [0.25, 0.3) is 6.08 Å². The van der Waals surface area contributed by atoms with Gasteiger partial charge in [0.1, 0.15) is 0 Å². The lowest BCUT2D eigenvalue weighted by Gasteiger charge is -2.31. The fourth-order valence-corrected chi connectivity index (χ4v) is 3.57. The molecule has 6 nitrogen and oxygen atoms in total. The summed E-state index contributed by atoms with van der Waals surface area (Å²) in [6, 6.07) is 14.1. The van der Waals surface area contributed by atoms with Crippen molar-refractivity contribution >= 4 is 36.0 Å². The Morgan fingerprint density at radius 2 is 1.71 bits per heavy atom. The molecule has 1 aliphatic heterocycles. The maximum Gasteiger partial charge on any atom is 0.200 e. The van der Waals surface area contributed by atoms with Gasteiger partial charge in [0, 0.05) is 19.6 Å². The van der Waals surface area contributed by atoms with Crippen LogP contribution < -0.4 is 14.8 Å². The number of hydrogen-bond acceptors (Lipinski definition) is 4. The zero-order valence-electron chi connectivity index (χ0n) is 18.4. The second-order valence-corrected chi connectivity index (χ2v) is 7.22. The number of likely N-dealkylation sites (tertiary alicyclic amines) is 1. The highest BCUT2D eigenvalue weighted by Crippen LogP contribution is 2.37. The highest BCUT2D eigenvalue weighted by molar-refractivity contribution is 14.0. The van der Waals surface area contributed by atoms with Crippen molar-refractivity contribution in [2.45, 2.75) is 26.3 Å². The second-order valence-electron chi connectivity index (χ2n) is 7.22. The first-order valence-electron chi connectivity index (χ1n) is 10.4. The topological polar surface area (TPSA) is 66.3 Å². The summed E-state index contributed by atoms with van der Waals surface area (Å²) in [5, 5.41) is 13.5. The monoisotopic (exact) mass is 537 g/mol. The van der Waals surface area contributed by atoms with E-state index in [0.29, 0.717) is 18.0 Å². The maximum atomic E-state index is 10.1. The molecule has 7 heteroatoms. The van der Waals surface area contributed by atoms with Crippen LogP contribution in [0.4, 0.5) is 0 Å². The fraction of sp³-hybridized carbons (Fsp3) is 0.375. The zero-order chi connectivity index (χ0) is 21.3. The summed E-state index contributed by atoms with van der Waals surface area (Å²) >= 11 is 0. The number of piperidine rings is 1. The average Bonchev–Trinajstić information content (AvgIpc) is 2.78. The number of guanidine groups is 1. The number of nitrogens with zero attached hydrogens (tertiary/aromatic N) is 2. The molecular weight excluding hydrogens is 505 g/mol. The van der Waals surface area contributed by atoms with Gasteiger partial charge in [-0.1, -0.05) is 42.0 Å². The van der Waals surface area contributed by atoms with Crippen LogP contribution in [-0.2, 0) is 6.54 Å². The Morgan fingerprint density at radius 1 is 1.10 bits per heavy atom. The van der Waals surface area contributed by atoms with Crippen LogP contribution in [0.5, 0.6) is 17.2 Å². The average molecular weight is 537 g/mol. The smallest absolute Gasteiger partial charge is 0.200 e. The van der Waals surface area contributed by atoms with Gasteiger partial charge in [0.25, 0.3) is 0 Å². The quantitative estimate of drug-likeness (QED) is 0.319. The molecule has 2 aromatic carbocycles. The molecule has 0 spiro atoms. The van der Waals surface area contributed by atoms with E-state index in [0.717, 1.165) is 44.0 Å². The van der Waals surface area contributed by atoms with E-state index in [1.807, 2.05) is 6.07 Å². The Bertz CT molecular complexity index is 865. The van der Waals surface area contributed by atoms with Gasteiger partial charge in [-0.15, -0.1) is 24.0 Å². The molecule has 31 heavy (non-hydrogen) atoms. The van der Waals surface area contributed by atoms with Gasteiger partial charge < -0.3 is 24.8 Å². The van der Waals surface area contributed by atoms with Gasteiger partial charge in [-0.2, -0.15) is 0 Å². The molecule has 0 radical (unpaired) electrons. The van der Waals surface area contributed by atoms with Crippen molar-refractivity contribution in [1.29, 1.82) is 0 Å². The van der Waals surface area contributed by atoms with Gasteiger partial charge in [0.05, 0.1) is 20.8 Å². The maximum absolute atomic E-state index is 10.1. The normalized spacial score (nSPS) is 14.0. The van der Waals surface area contributed by atoms with Crippen molar-refractivity contribution in [3.63, 3.8) is 0 Å². The van der Waals surface area contributed by atoms with Gasteiger partial charge in [-0.05, 0) is 43.0 Å². The van der Waals surface area contributed by atoms with Gasteiger partial charge in [0.2, 0.25) is 5.75 Å². The summed E-state index contributed by atoms with van der Waals surface area (Å²) in [5.41, 5.74) is 3.65. The largest absolute Gasteiger partial charge is 0.502 e. The van der Waals surface area contributed by atoms with Crippen molar-refractivity contribution in [3.8, 4) is 17.2 Å². The Hall–Kier alpha value is -2.42. The summed E-state index contributed by atoms with van der Waals surface area (Å²) in [6.45, 7) is 5.23. The zero-order valence-corrected chi connectivity index (χ0v) is 20.8. The number of phenolic OH excluding ortho intramolecular Hbond substituents is 1. The highest BCUT2D eigenvalue weighted by atomic mass is 127. The molecule has 0 atom stereocenters. The molecule has 168 valence electrons. The molecule has 0 unspecified atom stereocenters. The Labute approximate surface area is 202 Å². The second kappa shape index (κ2) is 12.4. The third-order valence-corrected chi connectivity index (χ3v) is 5.16. The molecule has 0 amide bonds. The van der Waals surface area contributed by atoms with Gasteiger partial charge in [-0.3, -0.25) is 0 Å². The molecule has 1 saturated heterocycles. The Kier molecular flexibility index (Phi) is 9.97. The predicted octanol–water partition coefficient (Wildman–Crippen LogP) is 4.67. The first kappa shape index (κ1) is 24.8. The number of rotatable bonds is 6. The lowest BCUT2D eigenvalue weighted by molar-refractivity contribution is 0.339. The lowest BCUT2D eigenvalue weighted by atomic mass is 10.0. The molecule has 0 bridgehead atoms. The van der Waals surface area contributed by atoms with E-state index in [4.69, 9.17) is 14.5 Å².